The van der Waals surface area contributed by atoms with Crippen molar-refractivity contribution in [1.82, 2.24) is 4.90 Å². The normalized spacial score (nSPS) is 25.3. The third kappa shape index (κ3) is 1.69. The van der Waals surface area contributed by atoms with Crippen LogP contribution in [0, 0.1) is 5.92 Å². The molecule has 1 aromatic rings. The summed E-state index contributed by atoms with van der Waals surface area (Å²) in [7, 11) is 1.33. The summed E-state index contributed by atoms with van der Waals surface area (Å²) in [5, 5.41) is 0. The molecule has 20 heavy (non-hydrogen) atoms. The number of nitrogens with zero attached hydrogens (tertiary/aromatic N) is 1. The van der Waals surface area contributed by atoms with Gasteiger partial charge >= 0.3 is 6.18 Å². The number of imide groups is 1. The molecule has 1 aromatic carbocycles. The molecule has 106 valence electrons. The van der Waals surface area contributed by atoms with Crippen LogP contribution in [0.3, 0.4) is 0 Å². The number of likely N-dealkylation sites (tertiary alicyclic amines) is 1. The maximum atomic E-state index is 12.7. The summed E-state index contributed by atoms with van der Waals surface area (Å²) >= 11 is 0. The molecule has 0 N–H and O–H groups in total. The smallest absolute Gasteiger partial charge is 0.416 e. The van der Waals surface area contributed by atoms with E-state index in [1.807, 2.05) is 0 Å². The first-order valence-corrected chi connectivity index (χ1v) is 5.96. The standard InChI is InChI=1S/C13H10F3NO3/c1-17-11(18)8-5-20-9-3-2-6(13(14,15)16)4-7(9)10(8)12(17)19/h2-4,8,10H,5H2,1H3. The Labute approximate surface area is 112 Å². The highest BCUT2D eigenvalue weighted by atomic mass is 19.4. The fourth-order valence-electron chi connectivity index (χ4n) is 2.68. The number of carbonyl (C=O) groups excluding carboxylic acids is 2. The monoisotopic (exact) mass is 285 g/mol. The number of halogens is 3. The van der Waals surface area contributed by atoms with Gasteiger partial charge in [-0.3, -0.25) is 14.5 Å². The van der Waals surface area contributed by atoms with E-state index in [2.05, 4.69) is 0 Å². The Morgan fingerprint density at radius 3 is 2.60 bits per heavy atom. The molecule has 3 rings (SSSR count). The van der Waals surface area contributed by atoms with E-state index in [0.29, 0.717) is 0 Å². The summed E-state index contributed by atoms with van der Waals surface area (Å²) in [6, 6.07) is 3.01. The van der Waals surface area contributed by atoms with Crippen LogP contribution in [0.1, 0.15) is 17.0 Å². The van der Waals surface area contributed by atoms with Crippen molar-refractivity contribution < 1.29 is 27.5 Å². The van der Waals surface area contributed by atoms with E-state index in [9.17, 15) is 22.8 Å². The van der Waals surface area contributed by atoms with E-state index in [1.54, 1.807) is 0 Å². The lowest BCUT2D eigenvalue weighted by atomic mass is 9.85. The van der Waals surface area contributed by atoms with Gasteiger partial charge in [0.2, 0.25) is 11.8 Å². The number of alkyl halides is 3. The van der Waals surface area contributed by atoms with Crippen LogP contribution < -0.4 is 4.74 Å². The van der Waals surface area contributed by atoms with Crippen molar-refractivity contribution in [2.24, 2.45) is 5.92 Å². The van der Waals surface area contributed by atoms with Crippen LogP contribution in [-0.4, -0.2) is 30.4 Å². The highest BCUT2D eigenvalue weighted by molar-refractivity contribution is 6.08. The molecule has 4 nitrogen and oxygen atoms in total. The molecule has 0 spiro atoms. The van der Waals surface area contributed by atoms with E-state index in [1.165, 1.54) is 13.1 Å². The summed E-state index contributed by atoms with van der Waals surface area (Å²) < 4.78 is 43.6. The van der Waals surface area contributed by atoms with Crippen molar-refractivity contribution in [1.29, 1.82) is 0 Å². The van der Waals surface area contributed by atoms with E-state index >= 15 is 0 Å². The minimum atomic E-state index is -4.50. The molecule has 0 saturated carbocycles. The van der Waals surface area contributed by atoms with E-state index in [-0.39, 0.29) is 17.9 Å². The van der Waals surface area contributed by atoms with Gasteiger partial charge in [-0.15, -0.1) is 0 Å². The quantitative estimate of drug-likeness (QED) is 0.683. The molecule has 2 unspecified atom stereocenters. The number of hydrogen-bond donors (Lipinski definition) is 0. The Morgan fingerprint density at radius 2 is 1.95 bits per heavy atom. The second-order valence-corrected chi connectivity index (χ2v) is 4.88. The number of fused-ring (bicyclic) bond motifs is 3. The molecule has 0 radical (unpaired) electrons. The number of hydrogen-bond acceptors (Lipinski definition) is 3. The van der Waals surface area contributed by atoms with Crippen molar-refractivity contribution in [2.45, 2.75) is 12.1 Å². The lowest BCUT2D eigenvalue weighted by Crippen LogP contribution is -2.29. The maximum absolute atomic E-state index is 12.7. The largest absolute Gasteiger partial charge is 0.492 e. The molecule has 7 heteroatoms. The van der Waals surface area contributed by atoms with Gasteiger partial charge in [-0.25, -0.2) is 0 Å². The fraction of sp³-hybridized carbons (Fsp3) is 0.385. The highest BCUT2D eigenvalue weighted by Crippen LogP contribution is 2.44. The number of likely N-dealkylation sites (N-methyl/N-ethyl adjacent to an activating group) is 1. The fourth-order valence-corrected chi connectivity index (χ4v) is 2.68. The Bertz CT molecular complexity index is 611. The van der Waals surface area contributed by atoms with Crippen molar-refractivity contribution in [3.8, 4) is 5.75 Å². The van der Waals surface area contributed by atoms with Crippen LogP contribution in [0.5, 0.6) is 5.75 Å². The van der Waals surface area contributed by atoms with Crippen molar-refractivity contribution in [2.75, 3.05) is 13.7 Å². The van der Waals surface area contributed by atoms with Gasteiger partial charge in [-0.1, -0.05) is 0 Å². The predicted molar refractivity (Wildman–Crippen MR) is 60.9 cm³/mol. The first kappa shape index (κ1) is 13.0. The first-order valence-electron chi connectivity index (χ1n) is 5.96. The number of amides is 2. The first-order chi connectivity index (χ1) is 9.30. The van der Waals surface area contributed by atoms with Crippen LogP contribution in [0.15, 0.2) is 18.2 Å². The minimum Gasteiger partial charge on any atom is -0.492 e. The average molecular weight is 285 g/mol. The molecule has 2 aliphatic rings. The Kier molecular flexibility index (Phi) is 2.57. The summed E-state index contributed by atoms with van der Waals surface area (Å²) in [6.07, 6.45) is -4.50. The van der Waals surface area contributed by atoms with Crippen LogP contribution in [-0.2, 0) is 15.8 Å². The highest BCUT2D eigenvalue weighted by Gasteiger charge is 2.50. The third-order valence-electron chi connectivity index (χ3n) is 3.74. The number of ether oxygens (including phenoxy) is 1. The second kappa shape index (κ2) is 3.97. The van der Waals surface area contributed by atoms with Crippen molar-refractivity contribution in [3.63, 3.8) is 0 Å². The van der Waals surface area contributed by atoms with Gasteiger partial charge in [-0.2, -0.15) is 13.2 Å². The Hall–Kier alpha value is -2.05. The molecule has 0 aliphatic carbocycles. The molecular formula is C13H10F3NO3. The lowest BCUT2D eigenvalue weighted by Gasteiger charge is -2.26. The average Bonchev–Trinajstić information content (AvgIpc) is 2.62. The summed E-state index contributed by atoms with van der Waals surface area (Å²) in [5.41, 5.74) is -0.714. The van der Waals surface area contributed by atoms with Crippen molar-refractivity contribution in [3.05, 3.63) is 29.3 Å². The number of benzene rings is 1. The van der Waals surface area contributed by atoms with Crippen LogP contribution in [0.25, 0.3) is 0 Å². The Morgan fingerprint density at radius 1 is 1.25 bits per heavy atom. The van der Waals surface area contributed by atoms with Crippen LogP contribution in [0.4, 0.5) is 13.2 Å². The summed E-state index contributed by atoms with van der Waals surface area (Å²) in [6.45, 7) is 0.0118. The number of carbonyl (C=O) groups is 2. The van der Waals surface area contributed by atoms with E-state index < -0.39 is 35.4 Å². The molecule has 2 atom stereocenters. The van der Waals surface area contributed by atoms with Gasteiger partial charge in [-0.05, 0) is 18.2 Å². The molecule has 0 aromatic heterocycles. The molecule has 2 aliphatic heterocycles. The van der Waals surface area contributed by atoms with Gasteiger partial charge in [0.05, 0.1) is 17.4 Å². The minimum absolute atomic E-state index is 0.0118. The molecule has 2 heterocycles. The zero-order valence-electron chi connectivity index (χ0n) is 10.4. The van der Waals surface area contributed by atoms with Gasteiger partial charge in [0.15, 0.2) is 0 Å². The molecule has 1 saturated heterocycles. The topological polar surface area (TPSA) is 46.6 Å². The van der Waals surface area contributed by atoms with Crippen molar-refractivity contribution >= 4 is 11.8 Å². The zero-order valence-corrected chi connectivity index (χ0v) is 10.4. The second-order valence-electron chi connectivity index (χ2n) is 4.88. The van der Waals surface area contributed by atoms with Gasteiger partial charge in [0.1, 0.15) is 12.4 Å². The van der Waals surface area contributed by atoms with Gasteiger partial charge in [0, 0.05) is 12.6 Å². The number of rotatable bonds is 0. The van der Waals surface area contributed by atoms with E-state index in [0.717, 1.165) is 17.0 Å². The van der Waals surface area contributed by atoms with Crippen LogP contribution in [0.2, 0.25) is 0 Å². The van der Waals surface area contributed by atoms with E-state index in [4.69, 9.17) is 4.74 Å². The molecule has 0 bridgehead atoms. The Balaban J connectivity index is 2.12. The predicted octanol–water partition coefficient (Wildman–Crippen LogP) is 1.80. The summed E-state index contributed by atoms with van der Waals surface area (Å²) in [4.78, 5) is 24.8. The van der Waals surface area contributed by atoms with Gasteiger partial charge in [0.25, 0.3) is 0 Å². The van der Waals surface area contributed by atoms with Crippen LogP contribution >= 0.6 is 0 Å². The lowest BCUT2D eigenvalue weighted by molar-refractivity contribution is -0.139. The SMILES string of the molecule is CN1C(=O)C2COc3ccc(C(F)(F)F)cc3C2C1=O. The molecular weight excluding hydrogens is 275 g/mol. The van der Waals surface area contributed by atoms with Gasteiger partial charge < -0.3 is 4.74 Å². The summed E-state index contributed by atoms with van der Waals surface area (Å²) in [5.74, 6) is -2.27. The molecule has 1 fully saturated rings. The molecule has 2 amide bonds. The third-order valence-corrected chi connectivity index (χ3v) is 3.74. The maximum Gasteiger partial charge on any atom is 0.416 e. The zero-order chi connectivity index (χ0) is 14.7.